The highest BCUT2D eigenvalue weighted by Gasteiger charge is 2.30. The molecular formula is C17H26N2O3. The van der Waals surface area contributed by atoms with Crippen LogP contribution in [0.3, 0.4) is 0 Å². The van der Waals surface area contributed by atoms with Gasteiger partial charge in [-0.15, -0.1) is 0 Å². The maximum atomic E-state index is 12.6. The molecule has 0 aromatic carbocycles. The van der Waals surface area contributed by atoms with Crippen molar-refractivity contribution < 1.29 is 14.0 Å². The summed E-state index contributed by atoms with van der Waals surface area (Å²) in [6, 6.07) is 1.96. The molecule has 1 aliphatic rings. The summed E-state index contributed by atoms with van der Waals surface area (Å²) in [6.07, 6.45) is 2.62. The van der Waals surface area contributed by atoms with Crippen LogP contribution in [0.5, 0.6) is 0 Å². The Morgan fingerprint density at radius 3 is 2.77 bits per heavy atom. The Bertz CT molecular complexity index is 550. The Labute approximate surface area is 132 Å². The van der Waals surface area contributed by atoms with Crippen LogP contribution < -0.4 is 5.32 Å². The van der Waals surface area contributed by atoms with Gasteiger partial charge in [-0.25, -0.2) is 0 Å². The molecule has 5 nitrogen and oxygen atoms in total. The number of aryl methyl sites for hydroxylation is 2. The zero-order chi connectivity index (χ0) is 16.3. The van der Waals surface area contributed by atoms with Crippen molar-refractivity contribution in [3.8, 4) is 0 Å². The first-order chi connectivity index (χ1) is 10.4. The van der Waals surface area contributed by atoms with Crippen molar-refractivity contribution >= 4 is 11.8 Å². The molecule has 1 aromatic heterocycles. The lowest BCUT2D eigenvalue weighted by molar-refractivity contribution is -0.126. The standard InChI is InChI=1S/C17H26N2O3/c1-5-11(2)18-16(20)14-7-6-8-19(10-14)17(21)15-9-12(3)22-13(15)4/h9,11,14H,5-8,10H2,1-4H3,(H,18,20)/t11-,14+/m0/s1. The minimum absolute atomic E-state index is 0.0320. The van der Waals surface area contributed by atoms with E-state index in [4.69, 9.17) is 4.42 Å². The number of likely N-dealkylation sites (tertiary alicyclic amines) is 1. The fourth-order valence-corrected chi connectivity index (χ4v) is 2.85. The molecule has 0 unspecified atom stereocenters. The molecule has 2 rings (SSSR count). The molecule has 0 radical (unpaired) electrons. The molecule has 2 heterocycles. The number of piperidine rings is 1. The molecule has 1 aliphatic heterocycles. The number of nitrogens with zero attached hydrogens (tertiary/aromatic N) is 1. The van der Waals surface area contributed by atoms with E-state index >= 15 is 0 Å². The van der Waals surface area contributed by atoms with Crippen LogP contribution in [0, 0.1) is 19.8 Å². The average Bonchev–Trinajstić information content (AvgIpc) is 2.85. The normalized spacial score (nSPS) is 19.8. The number of hydrogen-bond acceptors (Lipinski definition) is 3. The molecule has 122 valence electrons. The van der Waals surface area contributed by atoms with Crippen molar-refractivity contribution in [2.24, 2.45) is 5.92 Å². The molecule has 0 saturated carbocycles. The van der Waals surface area contributed by atoms with Gasteiger partial charge in [0.2, 0.25) is 5.91 Å². The fourth-order valence-electron chi connectivity index (χ4n) is 2.85. The van der Waals surface area contributed by atoms with Crippen molar-refractivity contribution in [1.29, 1.82) is 0 Å². The Morgan fingerprint density at radius 2 is 2.18 bits per heavy atom. The maximum Gasteiger partial charge on any atom is 0.257 e. The predicted octanol–water partition coefficient (Wildman–Crippen LogP) is 2.66. The Balaban J connectivity index is 2.02. The summed E-state index contributed by atoms with van der Waals surface area (Å²) in [7, 11) is 0. The van der Waals surface area contributed by atoms with E-state index < -0.39 is 0 Å². The van der Waals surface area contributed by atoms with E-state index in [1.54, 1.807) is 17.9 Å². The predicted molar refractivity (Wildman–Crippen MR) is 84.7 cm³/mol. The molecule has 1 saturated heterocycles. The minimum Gasteiger partial charge on any atom is -0.466 e. The lowest BCUT2D eigenvalue weighted by atomic mass is 9.96. The molecule has 5 heteroatoms. The second-order valence-electron chi connectivity index (χ2n) is 6.24. The molecular weight excluding hydrogens is 280 g/mol. The van der Waals surface area contributed by atoms with Crippen LogP contribution in [-0.4, -0.2) is 35.8 Å². The molecule has 0 spiro atoms. The highest BCUT2D eigenvalue weighted by atomic mass is 16.3. The van der Waals surface area contributed by atoms with Gasteiger partial charge < -0.3 is 14.6 Å². The van der Waals surface area contributed by atoms with Crippen LogP contribution in [0.2, 0.25) is 0 Å². The zero-order valence-electron chi connectivity index (χ0n) is 13.9. The van der Waals surface area contributed by atoms with Gasteiger partial charge in [0.1, 0.15) is 11.5 Å². The second-order valence-corrected chi connectivity index (χ2v) is 6.24. The Morgan fingerprint density at radius 1 is 1.45 bits per heavy atom. The molecule has 1 fully saturated rings. The lowest BCUT2D eigenvalue weighted by Gasteiger charge is -2.32. The first-order valence-electron chi connectivity index (χ1n) is 8.09. The van der Waals surface area contributed by atoms with Gasteiger partial charge in [0.05, 0.1) is 11.5 Å². The summed E-state index contributed by atoms with van der Waals surface area (Å²) in [4.78, 5) is 26.7. The highest BCUT2D eigenvalue weighted by molar-refractivity contribution is 5.95. The highest BCUT2D eigenvalue weighted by Crippen LogP contribution is 2.22. The largest absolute Gasteiger partial charge is 0.466 e. The van der Waals surface area contributed by atoms with Crippen molar-refractivity contribution in [1.82, 2.24) is 10.2 Å². The number of hydrogen-bond donors (Lipinski definition) is 1. The van der Waals surface area contributed by atoms with Crippen molar-refractivity contribution in [3.05, 3.63) is 23.2 Å². The first kappa shape index (κ1) is 16.6. The molecule has 0 bridgehead atoms. The summed E-state index contributed by atoms with van der Waals surface area (Å²) in [5.41, 5.74) is 0.612. The third-order valence-corrected chi connectivity index (χ3v) is 4.35. The van der Waals surface area contributed by atoms with Gasteiger partial charge in [0.15, 0.2) is 0 Å². The van der Waals surface area contributed by atoms with E-state index in [9.17, 15) is 9.59 Å². The number of nitrogens with one attached hydrogen (secondary N) is 1. The van der Waals surface area contributed by atoms with Gasteiger partial charge in [0.25, 0.3) is 5.91 Å². The van der Waals surface area contributed by atoms with Crippen LogP contribution >= 0.6 is 0 Å². The van der Waals surface area contributed by atoms with E-state index in [1.165, 1.54) is 0 Å². The van der Waals surface area contributed by atoms with Crippen molar-refractivity contribution in [3.63, 3.8) is 0 Å². The topological polar surface area (TPSA) is 62.6 Å². The van der Waals surface area contributed by atoms with Gasteiger partial charge in [-0.2, -0.15) is 0 Å². The Hall–Kier alpha value is -1.78. The molecule has 2 atom stereocenters. The van der Waals surface area contributed by atoms with Crippen molar-refractivity contribution in [2.75, 3.05) is 13.1 Å². The molecule has 22 heavy (non-hydrogen) atoms. The number of amides is 2. The summed E-state index contributed by atoms with van der Waals surface area (Å²) < 4.78 is 5.44. The molecule has 0 aliphatic carbocycles. The van der Waals surface area contributed by atoms with Gasteiger partial charge >= 0.3 is 0 Å². The van der Waals surface area contributed by atoms with Gasteiger partial charge in [-0.1, -0.05) is 6.92 Å². The van der Waals surface area contributed by atoms with Gasteiger partial charge in [-0.3, -0.25) is 9.59 Å². The monoisotopic (exact) mass is 306 g/mol. The molecule has 1 aromatic rings. The summed E-state index contributed by atoms with van der Waals surface area (Å²) in [5, 5.41) is 3.02. The summed E-state index contributed by atoms with van der Waals surface area (Å²) >= 11 is 0. The smallest absolute Gasteiger partial charge is 0.257 e. The number of carbonyl (C=O) groups excluding carboxylic acids is 2. The van der Waals surface area contributed by atoms with Gasteiger partial charge in [-0.05, 0) is 46.1 Å². The first-order valence-corrected chi connectivity index (χ1v) is 8.09. The second kappa shape index (κ2) is 6.99. The van der Waals surface area contributed by atoms with E-state index in [0.29, 0.717) is 24.4 Å². The SMILES string of the molecule is CC[C@H](C)NC(=O)[C@@H]1CCCN(C(=O)c2cc(C)oc2C)C1. The van der Waals surface area contributed by atoms with E-state index in [-0.39, 0.29) is 23.8 Å². The molecule has 1 N–H and O–H groups in total. The summed E-state index contributed by atoms with van der Waals surface area (Å²) in [5.74, 6) is 1.31. The molecule has 2 amide bonds. The third kappa shape index (κ3) is 3.70. The third-order valence-electron chi connectivity index (χ3n) is 4.35. The van der Waals surface area contributed by atoms with E-state index in [2.05, 4.69) is 5.32 Å². The lowest BCUT2D eigenvalue weighted by Crippen LogP contribution is -2.47. The van der Waals surface area contributed by atoms with Crippen LogP contribution in [0.15, 0.2) is 10.5 Å². The summed E-state index contributed by atoms with van der Waals surface area (Å²) in [6.45, 7) is 8.88. The average molecular weight is 306 g/mol. The van der Waals surface area contributed by atoms with E-state index in [0.717, 1.165) is 25.0 Å². The van der Waals surface area contributed by atoms with Crippen molar-refractivity contribution in [2.45, 2.75) is 53.0 Å². The van der Waals surface area contributed by atoms with Crippen LogP contribution in [0.4, 0.5) is 0 Å². The number of rotatable bonds is 4. The minimum atomic E-state index is -0.111. The quantitative estimate of drug-likeness (QED) is 0.930. The fraction of sp³-hybridized carbons (Fsp3) is 0.647. The van der Waals surface area contributed by atoms with Crippen LogP contribution in [0.1, 0.15) is 55.0 Å². The van der Waals surface area contributed by atoms with E-state index in [1.807, 2.05) is 20.8 Å². The number of furan rings is 1. The maximum absolute atomic E-state index is 12.6. The van der Waals surface area contributed by atoms with Crippen LogP contribution in [0.25, 0.3) is 0 Å². The van der Waals surface area contributed by atoms with Crippen LogP contribution in [-0.2, 0) is 4.79 Å². The number of carbonyl (C=O) groups is 2. The Kier molecular flexibility index (Phi) is 5.27. The van der Waals surface area contributed by atoms with Gasteiger partial charge in [0, 0.05) is 19.1 Å². The zero-order valence-corrected chi connectivity index (χ0v) is 13.9.